The van der Waals surface area contributed by atoms with Gasteiger partial charge in [-0.3, -0.25) is 0 Å². The van der Waals surface area contributed by atoms with E-state index in [-0.39, 0.29) is 12.3 Å². The van der Waals surface area contributed by atoms with Gasteiger partial charge in [0.25, 0.3) is 0 Å². The Morgan fingerprint density at radius 2 is 1.86 bits per heavy atom. The van der Waals surface area contributed by atoms with Crippen molar-refractivity contribution in [1.82, 2.24) is 4.98 Å². The average molecular weight is 414 g/mol. The molecule has 0 aliphatic rings. The van der Waals surface area contributed by atoms with Gasteiger partial charge in [-0.2, -0.15) is 10.2 Å². The number of ether oxygens (including phenoxy) is 3. The fourth-order valence-electron chi connectivity index (χ4n) is 2.65. The second kappa shape index (κ2) is 9.71. The smallest absolute Gasteiger partial charge is 0.236 e. The van der Waals surface area contributed by atoms with E-state index in [0.29, 0.717) is 47.0 Å². The summed E-state index contributed by atoms with van der Waals surface area (Å²) < 4.78 is 21.8. The van der Waals surface area contributed by atoms with E-state index in [1.165, 1.54) is 0 Å². The molecule has 1 N–H and O–H groups in total. The van der Waals surface area contributed by atoms with Crippen molar-refractivity contribution < 1.29 is 18.6 Å². The Morgan fingerprint density at radius 3 is 2.55 bits per heavy atom. The summed E-state index contributed by atoms with van der Waals surface area (Å²) in [7, 11) is 3.20. The molecule has 7 nitrogen and oxygen atoms in total. The summed E-state index contributed by atoms with van der Waals surface area (Å²) in [5.41, 5.74) is 1.24. The normalized spacial score (nSPS) is 10.3. The predicted octanol–water partition coefficient (Wildman–Crippen LogP) is 4.45. The van der Waals surface area contributed by atoms with Crippen molar-refractivity contribution in [2.45, 2.75) is 13.0 Å². The van der Waals surface area contributed by atoms with Gasteiger partial charge in [0, 0.05) is 11.6 Å². The molecule has 29 heavy (non-hydrogen) atoms. The van der Waals surface area contributed by atoms with Gasteiger partial charge in [-0.1, -0.05) is 17.7 Å². The average Bonchev–Trinajstić information content (AvgIpc) is 3.15. The van der Waals surface area contributed by atoms with E-state index in [9.17, 15) is 5.26 Å². The Bertz CT molecular complexity index is 996. The molecule has 0 atom stereocenters. The van der Waals surface area contributed by atoms with E-state index in [4.69, 9.17) is 30.2 Å². The molecule has 3 rings (SSSR count). The summed E-state index contributed by atoms with van der Waals surface area (Å²) in [6, 6.07) is 14.7. The van der Waals surface area contributed by atoms with Crippen LogP contribution in [0.3, 0.4) is 0 Å². The Morgan fingerprint density at radius 1 is 1.10 bits per heavy atom. The summed E-state index contributed by atoms with van der Waals surface area (Å²) in [4.78, 5) is 4.16. The van der Waals surface area contributed by atoms with Crippen molar-refractivity contribution in [3.05, 3.63) is 64.6 Å². The number of methoxy groups -OCH3 is 2. The first kappa shape index (κ1) is 20.4. The molecule has 1 aromatic heterocycles. The van der Waals surface area contributed by atoms with E-state index >= 15 is 0 Å². The zero-order chi connectivity index (χ0) is 20.6. The molecule has 0 saturated heterocycles. The molecule has 0 aliphatic heterocycles. The SMILES string of the molecule is COc1ccc(CCNc2oc(COc3ccc(Cl)cc3)nc2C#N)cc1OC. The van der Waals surface area contributed by atoms with Crippen LogP contribution in [0.2, 0.25) is 5.02 Å². The fraction of sp³-hybridized carbons (Fsp3) is 0.238. The highest BCUT2D eigenvalue weighted by atomic mass is 35.5. The Balaban J connectivity index is 1.58. The van der Waals surface area contributed by atoms with Gasteiger partial charge >= 0.3 is 0 Å². The maximum atomic E-state index is 9.29. The number of oxazole rings is 1. The second-order valence-electron chi connectivity index (χ2n) is 6.01. The van der Waals surface area contributed by atoms with E-state index in [1.54, 1.807) is 38.5 Å². The zero-order valence-electron chi connectivity index (χ0n) is 16.1. The number of halogens is 1. The summed E-state index contributed by atoms with van der Waals surface area (Å²) in [5, 5.41) is 13.0. The fourth-order valence-corrected chi connectivity index (χ4v) is 2.78. The number of aromatic nitrogens is 1. The molecule has 3 aromatic rings. The monoisotopic (exact) mass is 413 g/mol. The van der Waals surface area contributed by atoms with Crippen molar-refractivity contribution >= 4 is 17.5 Å². The third kappa shape index (κ3) is 5.33. The van der Waals surface area contributed by atoms with Gasteiger partial charge in [-0.05, 0) is 48.4 Å². The maximum Gasteiger partial charge on any atom is 0.236 e. The minimum Gasteiger partial charge on any atom is -0.493 e. The standard InChI is InChI=1S/C21H20ClN3O4/c1-26-18-8-3-14(11-19(18)27-2)9-10-24-21-17(12-23)25-20(29-21)13-28-16-6-4-15(22)5-7-16/h3-8,11,24H,9-10,13H2,1-2H3. The first-order chi connectivity index (χ1) is 14.1. The number of nitrogens with one attached hydrogen (secondary N) is 1. The van der Waals surface area contributed by atoms with Crippen LogP contribution in [0.1, 0.15) is 17.1 Å². The molecule has 0 fully saturated rings. The van der Waals surface area contributed by atoms with Gasteiger partial charge in [0.05, 0.1) is 14.2 Å². The first-order valence-corrected chi connectivity index (χ1v) is 9.23. The largest absolute Gasteiger partial charge is 0.493 e. The third-order valence-corrected chi connectivity index (χ3v) is 4.35. The Labute approximate surface area is 173 Å². The Hall–Kier alpha value is -3.37. The lowest BCUT2D eigenvalue weighted by molar-refractivity contribution is 0.265. The number of nitriles is 1. The van der Waals surface area contributed by atoms with E-state index in [1.807, 2.05) is 24.3 Å². The molecule has 0 saturated carbocycles. The number of hydrogen-bond acceptors (Lipinski definition) is 7. The van der Waals surface area contributed by atoms with Crippen molar-refractivity contribution in [3.8, 4) is 23.3 Å². The van der Waals surface area contributed by atoms with Gasteiger partial charge in [-0.15, -0.1) is 0 Å². The van der Waals surface area contributed by atoms with Crippen LogP contribution in [0.4, 0.5) is 5.88 Å². The van der Waals surface area contributed by atoms with Gasteiger partial charge in [-0.25, -0.2) is 0 Å². The van der Waals surface area contributed by atoms with Crippen LogP contribution in [-0.2, 0) is 13.0 Å². The lowest BCUT2D eigenvalue weighted by Gasteiger charge is -2.09. The van der Waals surface area contributed by atoms with Crippen LogP contribution in [-0.4, -0.2) is 25.7 Å². The van der Waals surface area contributed by atoms with Crippen LogP contribution >= 0.6 is 11.6 Å². The summed E-state index contributed by atoms with van der Waals surface area (Å²) >= 11 is 5.85. The topological polar surface area (TPSA) is 89.5 Å². The first-order valence-electron chi connectivity index (χ1n) is 8.86. The molecule has 0 spiro atoms. The molecular formula is C21H20ClN3O4. The number of hydrogen-bond donors (Lipinski definition) is 1. The van der Waals surface area contributed by atoms with Gasteiger partial charge in [0.15, 0.2) is 18.1 Å². The van der Waals surface area contributed by atoms with Crippen molar-refractivity contribution in [1.29, 1.82) is 5.26 Å². The molecule has 0 amide bonds. The van der Waals surface area contributed by atoms with Crippen LogP contribution in [0.5, 0.6) is 17.2 Å². The molecule has 0 radical (unpaired) electrons. The third-order valence-electron chi connectivity index (χ3n) is 4.10. The van der Waals surface area contributed by atoms with E-state index in [0.717, 1.165) is 5.56 Å². The zero-order valence-corrected chi connectivity index (χ0v) is 16.8. The summed E-state index contributed by atoms with van der Waals surface area (Å²) in [6.07, 6.45) is 0.697. The van der Waals surface area contributed by atoms with E-state index in [2.05, 4.69) is 10.3 Å². The van der Waals surface area contributed by atoms with Crippen LogP contribution in [0, 0.1) is 11.3 Å². The molecule has 0 bridgehead atoms. The minimum atomic E-state index is 0.105. The van der Waals surface area contributed by atoms with Gasteiger partial charge in [0.1, 0.15) is 11.8 Å². The highest BCUT2D eigenvalue weighted by molar-refractivity contribution is 6.30. The van der Waals surface area contributed by atoms with Crippen LogP contribution in [0.15, 0.2) is 46.9 Å². The minimum absolute atomic E-state index is 0.105. The molecule has 8 heteroatoms. The number of rotatable bonds is 9. The quantitative estimate of drug-likeness (QED) is 0.554. The van der Waals surface area contributed by atoms with Gasteiger partial charge in [0.2, 0.25) is 17.5 Å². The molecule has 0 unspecified atom stereocenters. The molecular weight excluding hydrogens is 394 g/mol. The summed E-state index contributed by atoms with van der Waals surface area (Å²) in [5.74, 6) is 2.61. The van der Waals surface area contributed by atoms with Crippen molar-refractivity contribution in [2.75, 3.05) is 26.1 Å². The maximum absolute atomic E-state index is 9.29. The van der Waals surface area contributed by atoms with Crippen molar-refractivity contribution in [3.63, 3.8) is 0 Å². The second-order valence-corrected chi connectivity index (χ2v) is 6.44. The summed E-state index contributed by atoms with van der Waals surface area (Å²) in [6.45, 7) is 0.657. The number of nitrogens with zero attached hydrogens (tertiary/aromatic N) is 2. The highest BCUT2D eigenvalue weighted by Crippen LogP contribution is 2.28. The van der Waals surface area contributed by atoms with Crippen LogP contribution in [0.25, 0.3) is 0 Å². The van der Waals surface area contributed by atoms with E-state index < -0.39 is 0 Å². The lowest BCUT2D eigenvalue weighted by Crippen LogP contribution is -2.05. The molecule has 2 aromatic carbocycles. The molecule has 1 heterocycles. The van der Waals surface area contributed by atoms with Crippen LogP contribution < -0.4 is 19.5 Å². The molecule has 0 aliphatic carbocycles. The Kier molecular flexibility index (Phi) is 6.82. The number of anilines is 1. The van der Waals surface area contributed by atoms with Crippen molar-refractivity contribution in [2.24, 2.45) is 0 Å². The molecule has 150 valence electrons. The lowest BCUT2D eigenvalue weighted by atomic mass is 10.1. The highest BCUT2D eigenvalue weighted by Gasteiger charge is 2.13. The number of benzene rings is 2. The van der Waals surface area contributed by atoms with Gasteiger partial charge < -0.3 is 23.9 Å². The predicted molar refractivity (Wildman–Crippen MR) is 109 cm³/mol.